The fourth-order valence-corrected chi connectivity index (χ4v) is 2.88. The van der Waals surface area contributed by atoms with Crippen molar-refractivity contribution in [3.05, 3.63) is 103 Å². The number of aliphatic carboxylic acids is 1. The van der Waals surface area contributed by atoms with Crippen LogP contribution in [-0.4, -0.2) is 24.8 Å². The van der Waals surface area contributed by atoms with Gasteiger partial charge in [0.2, 0.25) is 0 Å². The highest BCUT2D eigenvalue weighted by Gasteiger charge is 2.16. The molecule has 8 nitrogen and oxygen atoms in total. The average molecular weight is 381 g/mol. The zero-order valence-corrected chi connectivity index (χ0v) is 15.0. The van der Waals surface area contributed by atoms with Gasteiger partial charge in [0.25, 0.3) is 0 Å². The molecule has 0 spiro atoms. The van der Waals surface area contributed by atoms with Crippen molar-refractivity contribution >= 4 is 5.97 Å². The predicted octanol–water partition coefficient (Wildman–Crippen LogP) is 0.743. The second kappa shape index (κ2) is 8.34. The van der Waals surface area contributed by atoms with Crippen molar-refractivity contribution in [2.75, 3.05) is 0 Å². The molecule has 8 heteroatoms. The topological polar surface area (TPSA) is 103 Å². The minimum absolute atomic E-state index is 0.0132. The third kappa shape index (κ3) is 4.17. The van der Waals surface area contributed by atoms with E-state index in [2.05, 4.69) is 0 Å². The smallest absolute Gasteiger partial charge is 0.336 e. The third-order valence-electron chi connectivity index (χ3n) is 4.30. The molecule has 0 saturated heterocycles. The zero-order chi connectivity index (χ0) is 20.1. The van der Waals surface area contributed by atoms with Crippen molar-refractivity contribution in [2.45, 2.75) is 26.1 Å². The SMILES string of the molecule is O=C(O)CCn1c(=O)n(Cc2ccccc2)c(=O)n(Cc2ccccc2)c1=O. The van der Waals surface area contributed by atoms with Crippen LogP contribution >= 0.6 is 0 Å². The second-order valence-corrected chi connectivity index (χ2v) is 6.29. The van der Waals surface area contributed by atoms with Gasteiger partial charge in [0.05, 0.1) is 19.5 Å². The fourth-order valence-electron chi connectivity index (χ4n) is 2.88. The molecule has 1 aromatic heterocycles. The molecule has 0 aliphatic heterocycles. The van der Waals surface area contributed by atoms with Crippen LogP contribution in [0.5, 0.6) is 0 Å². The van der Waals surface area contributed by atoms with Gasteiger partial charge in [0, 0.05) is 6.54 Å². The van der Waals surface area contributed by atoms with Gasteiger partial charge in [-0.3, -0.25) is 4.79 Å². The van der Waals surface area contributed by atoms with Crippen molar-refractivity contribution in [3.63, 3.8) is 0 Å². The van der Waals surface area contributed by atoms with Gasteiger partial charge in [-0.15, -0.1) is 0 Å². The molecule has 0 radical (unpaired) electrons. The van der Waals surface area contributed by atoms with Crippen LogP contribution < -0.4 is 17.1 Å². The van der Waals surface area contributed by atoms with E-state index in [9.17, 15) is 19.2 Å². The lowest BCUT2D eigenvalue weighted by Gasteiger charge is -2.14. The second-order valence-electron chi connectivity index (χ2n) is 6.29. The minimum Gasteiger partial charge on any atom is -0.481 e. The van der Waals surface area contributed by atoms with E-state index in [1.54, 1.807) is 48.5 Å². The van der Waals surface area contributed by atoms with Crippen molar-refractivity contribution in [2.24, 2.45) is 0 Å². The number of carbonyl (C=O) groups is 1. The molecule has 0 aliphatic carbocycles. The molecule has 2 aromatic carbocycles. The number of aromatic nitrogens is 3. The molecular weight excluding hydrogens is 362 g/mol. The Kier molecular flexibility index (Phi) is 5.69. The average Bonchev–Trinajstić information content (AvgIpc) is 2.70. The summed E-state index contributed by atoms with van der Waals surface area (Å²) in [5.41, 5.74) is -0.920. The monoisotopic (exact) mass is 381 g/mol. The van der Waals surface area contributed by atoms with E-state index in [4.69, 9.17) is 5.11 Å². The van der Waals surface area contributed by atoms with Gasteiger partial charge in [-0.25, -0.2) is 28.1 Å². The highest BCUT2D eigenvalue weighted by molar-refractivity contribution is 5.66. The van der Waals surface area contributed by atoms with E-state index in [-0.39, 0.29) is 19.6 Å². The highest BCUT2D eigenvalue weighted by Crippen LogP contribution is 2.01. The quantitative estimate of drug-likeness (QED) is 0.650. The first-order chi connectivity index (χ1) is 13.5. The van der Waals surface area contributed by atoms with Gasteiger partial charge < -0.3 is 5.11 Å². The Morgan fingerprint density at radius 1 is 0.679 bits per heavy atom. The van der Waals surface area contributed by atoms with E-state index in [0.29, 0.717) is 0 Å². The van der Waals surface area contributed by atoms with Gasteiger partial charge in [0.15, 0.2) is 0 Å². The summed E-state index contributed by atoms with van der Waals surface area (Å²) in [6.45, 7) is -0.335. The number of hydrogen-bond acceptors (Lipinski definition) is 4. The standard InChI is InChI=1S/C20H19N3O5/c24-17(25)11-12-21-18(26)22(13-15-7-3-1-4-8-15)20(28)23(19(21)27)14-16-9-5-2-6-10-16/h1-10H,11-14H2,(H,24,25). The Balaban J connectivity index is 2.14. The Hall–Kier alpha value is -3.68. The molecular formula is C20H19N3O5. The molecule has 1 heterocycles. The van der Waals surface area contributed by atoms with Crippen LogP contribution in [0.3, 0.4) is 0 Å². The number of nitrogens with zero attached hydrogens (tertiary/aromatic N) is 3. The van der Waals surface area contributed by atoms with E-state index < -0.39 is 29.5 Å². The number of benzene rings is 2. The van der Waals surface area contributed by atoms with Crippen LogP contribution in [0.25, 0.3) is 0 Å². The van der Waals surface area contributed by atoms with E-state index >= 15 is 0 Å². The van der Waals surface area contributed by atoms with Crippen LogP contribution in [0, 0.1) is 0 Å². The molecule has 0 saturated carbocycles. The van der Waals surface area contributed by atoms with Crippen LogP contribution in [0.4, 0.5) is 0 Å². The third-order valence-corrected chi connectivity index (χ3v) is 4.30. The molecule has 1 N–H and O–H groups in total. The summed E-state index contributed by atoms with van der Waals surface area (Å²) in [6, 6.07) is 17.8. The number of carboxylic acids is 1. The van der Waals surface area contributed by atoms with Crippen LogP contribution in [0.15, 0.2) is 75.0 Å². The maximum absolute atomic E-state index is 12.9. The van der Waals surface area contributed by atoms with E-state index in [1.165, 1.54) is 0 Å². The molecule has 0 unspecified atom stereocenters. The first-order valence-electron chi connectivity index (χ1n) is 8.71. The Bertz CT molecular complexity index is 1060. The molecule has 3 aromatic rings. The summed E-state index contributed by atoms with van der Waals surface area (Å²) in [6.07, 6.45) is -0.399. The molecule has 3 rings (SSSR count). The Morgan fingerprint density at radius 2 is 1.07 bits per heavy atom. The lowest BCUT2D eigenvalue weighted by atomic mass is 10.2. The van der Waals surface area contributed by atoms with Crippen LogP contribution in [0.2, 0.25) is 0 Å². The summed E-state index contributed by atoms with van der Waals surface area (Å²) in [7, 11) is 0. The largest absolute Gasteiger partial charge is 0.481 e. The highest BCUT2D eigenvalue weighted by atomic mass is 16.4. The molecule has 0 atom stereocenters. The molecule has 0 amide bonds. The van der Waals surface area contributed by atoms with Crippen LogP contribution in [-0.2, 0) is 24.4 Å². The first-order valence-corrected chi connectivity index (χ1v) is 8.71. The number of carboxylic acid groups (broad SMARTS) is 1. The molecule has 0 fully saturated rings. The van der Waals surface area contributed by atoms with Gasteiger partial charge in [-0.05, 0) is 11.1 Å². The minimum atomic E-state index is -1.14. The van der Waals surface area contributed by atoms with Gasteiger partial charge in [-0.1, -0.05) is 60.7 Å². The first kappa shape index (κ1) is 19.1. The molecule has 0 aliphatic rings. The van der Waals surface area contributed by atoms with Crippen molar-refractivity contribution in [3.8, 4) is 0 Å². The number of hydrogen-bond donors (Lipinski definition) is 1. The molecule has 144 valence electrons. The van der Waals surface area contributed by atoms with E-state index in [0.717, 1.165) is 24.8 Å². The Labute approximate surface area is 159 Å². The Morgan fingerprint density at radius 3 is 1.46 bits per heavy atom. The maximum Gasteiger partial charge on any atom is 0.336 e. The number of rotatable bonds is 7. The van der Waals surface area contributed by atoms with Gasteiger partial charge in [-0.2, -0.15) is 0 Å². The fraction of sp³-hybridized carbons (Fsp3) is 0.200. The summed E-state index contributed by atoms with van der Waals surface area (Å²) in [4.78, 5) is 49.3. The molecule has 0 bridgehead atoms. The van der Waals surface area contributed by atoms with Crippen molar-refractivity contribution < 1.29 is 9.90 Å². The maximum atomic E-state index is 12.9. The van der Waals surface area contributed by atoms with Gasteiger partial charge in [0.1, 0.15) is 0 Å². The lowest BCUT2D eigenvalue weighted by molar-refractivity contribution is -0.137. The summed E-state index contributed by atoms with van der Waals surface area (Å²) >= 11 is 0. The molecule has 28 heavy (non-hydrogen) atoms. The van der Waals surface area contributed by atoms with Gasteiger partial charge >= 0.3 is 23.0 Å². The van der Waals surface area contributed by atoms with E-state index in [1.807, 2.05) is 12.1 Å². The summed E-state index contributed by atoms with van der Waals surface area (Å²) in [5.74, 6) is -1.14. The summed E-state index contributed by atoms with van der Waals surface area (Å²) < 4.78 is 2.73. The van der Waals surface area contributed by atoms with Crippen molar-refractivity contribution in [1.82, 2.24) is 13.7 Å². The predicted molar refractivity (Wildman–Crippen MR) is 103 cm³/mol. The van der Waals surface area contributed by atoms with Crippen molar-refractivity contribution in [1.29, 1.82) is 0 Å². The lowest BCUT2D eigenvalue weighted by Crippen LogP contribution is -2.54. The zero-order valence-electron chi connectivity index (χ0n) is 15.0. The van der Waals surface area contributed by atoms with Crippen LogP contribution in [0.1, 0.15) is 17.5 Å². The summed E-state index contributed by atoms with van der Waals surface area (Å²) in [5, 5.41) is 8.93. The normalized spacial score (nSPS) is 10.7.